The first-order valence-corrected chi connectivity index (χ1v) is 7.19. The van der Waals surface area contributed by atoms with Gasteiger partial charge in [0.2, 0.25) is 11.8 Å². The molecule has 2 unspecified atom stereocenters. The van der Waals surface area contributed by atoms with E-state index in [1.807, 2.05) is 34.6 Å². The first-order chi connectivity index (χ1) is 8.95. The Labute approximate surface area is 122 Å². The lowest BCUT2D eigenvalue weighted by Gasteiger charge is -2.20. The third-order valence-electron chi connectivity index (χ3n) is 3.64. The van der Waals surface area contributed by atoms with Gasteiger partial charge in [-0.3, -0.25) is 9.59 Å². The number of carbonyl (C=O) groups excluding carboxylic acids is 2. The second kappa shape index (κ2) is 5.58. The van der Waals surface area contributed by atoms with Crippen LogP contribution in [0.4, 0.5) is 0 Å². The minimum absolute atomic E-state index is 0.0120. The van der Waals surface area contributed by atoms with Crippen LogP contribution in [-0.4, -0.2) is 23.9 Å². The first-order valence-electron chi connectivity index (χ1n) is 7.19. The molecule has 0 aromatic rings. The van der Waals surface area contributed by atoms with Crippen molar-refractivity contribution >= 4 is 11.8 Å². The number of amides is 2. The summed E-state index contributed by atoms with van der Waals surface area (Å²) in [5.74, 6) is 0.0719. The highest BCUT2D eigenvalue weighted by molar-refractivity contribution is 5.88. The van der Waals surface area contributed by atoms with Crippen LogP contribution in [0.15, 0.2) is 11.6 Å². The van der Waals surface area contributed by atoms with Gasteiger partial charge >= 0.3 is 0 Å². The minimum atomic E-state index is -0.273. The number of hydrogen-bond acceptors (Lipinski definition) is 2. The Kier molecular flexibility index (Phi) is 4.67. The van der Waals surface area contributed by atoms with Crippen LogP contribution in [0.2, 0.25) is 0 Å². The molecule has 2 amide bonds. The molecule has 20 heavy (non-hydrogen) atoms. The van der Waals surface area contributed by atoms with Crippen LogP contribution >= 0.6 is 0 Å². The number of hydrogen-bond donors (Lipinski definition) is 2. The fraction of sp³-hybridized carbons (Fsp3) is 0.750. The minimum Gasteiger partial charge on any atom is -0.350 e. The Hall–Kier alpha value is -1.32. The molecule has 0 saturated heterocycles. The zero-order valence-corrected chi connectivity index (χ0v) is 13.8. The molecule has 0 spiro atoms. The van der Waals surface area contributed by atoms with Crippen LogP contribution < -0.4 is 10.6 Å². The van der Waals surface area contributed by atoms with E-state index in [0.717, 1.165) is 0 Å². The fourth-order valence-corrected chi connectivity index (χ4v) is 2.59. The van der Waals surface area contributed by atoms with Crippen molar-refractivity contribution in [3.63, 3.8) is 0 Å². The molecule has 4 nitrogen and oxygen atoms in total. The third-order valence-corrected chi connectivity index (χ3v) is 3.64. The number of rotatable bonds is 4. The fourth-order valence-electron chi connectivity index (χ4n) is 2.59. The zero-order chi connectivity index (χ0) is 15.7. The van der Waals surface area contributed by atoms with Crippen molar-refractivity contribution in [2.75, 3.05) is 6.54 Å². The van der Waals surface area contributed by atoms with Crippen molar-refractivity contribution in [1.29, 1.82) is 0 Å². The van der Waals surface area contributed by atoms with Gasteiger partial charge in [-0.05, 0) is 46.0 Å². The largest absolute Gasteiger partial charge is 0.350 e. The number of nitrogens with one attached hydrogen (secondary N) is 2. The van der Waals surface area contributed by atoms with E-state index in [4.69, 9.17) is 0 Å². The number of carbonyl (C=O) groups is 2. The SMILES string of the molecule is CC(C)=CC1C(C(=O)NCC(=O)NC(C)(C)C)C1(C)C. The summed E-state index contributed by atoms with van der Waals surface area (Å²) in [5, 5.41) is 5.58. The second-order valence-electron chi connectivity index (χ2n) is 7.58. The smallest absolute Gasteiger partial charge is 0.239 e. The van der Waals surface area contributed by atoms with Gasteiger partial charge in [-0.1, -0.05) is 25.5 Å². The zero-order valence-electron chi connectivity index (χ0n) is 13.8. The van der Waals surface area contributed by atoms with Crippen LogP contribution in [0.3, 0.4) is 0 Å². The van der Waals surface area contributed by atoms with Gasteiger partial charge in [-0.25, -0.2) is 0 Å². The number of allylic oxidation sites excluding steroid dienone is 2. The van der Waals surface area contributed by atoms with Gasteiger partial charge in [-0.15, -0.1) is 0 Å². The lowest BCUT2D eigenvalue weighted by molar-refractivity contribution is -0.128. The molecule has 0 aliphatic heterocycles. The third kappa shape index (κ3) is 4.36. The highest BCUT2D eigenvalue weighted by Crippen LogP contribution is 2.59. The van der Waals surface area contributed by atoms with Crippen LogP contribution in [0.25, 0.3) is 0 Å². The molecule has 1 fully saturated rings. The van der Waals surface area contributed by atoms with E-state index in [2.05, 4.69) is 30.6 Å². The second-order valence-corrected chi connectivity index (χ2v) is 7.58. The molecule has 0 radical (unpaired) electrons. The van der Waals surface area contributed by atoms with Crippen LogP contribution in [0.5, 0.6) is 0 Å². The van der Waals surface area contributed by atoms with E-state index in [1.165, 1.54) is 5.57 Å². The molecule has 114 valence electrons. The Morgan fingerprint density at radius 1 is 1.20 bits per heavy atom. The summed E-state index contributed by atoms with van der Waals surface area (Å²) in [6, 6.07) is 0. The molecule has 0 aromatic heterocycles. The average molecular weight is 280 g/mol. The molecule has 1 saturated carbocycles. The summed E-state index contributed by atoms with van der Waals surface area (Å²) in [7, 11) is 0. The van der Waals surface area contributed by atoms with Gasteiger partial charge in [0.05, 0.1) is 12.5 Å². The maximum Gasteiger partial charge on any atom is 0.239 e. The Bertz CT molecular complexity index is 426. The predicted octanol–water partition coefficient (Wildman–Crippen LogP) is 2.26. The molecule has 4 heteroatoms. The molecule has 1 aliphatic rings. The van der Waals surface area contributed by atoms with E-state index >= 15 is 0 Å². The topological polar surface area (TPSA) is 58.2 Å². The van der Waals surface area contributed by atoms with Crippen molar-refractivity contribution in [1.82, 2.24) is 10.6 Å². The van der Waals surface area contributed by atoms with Crippen molar-refractivity contribution in [3.05, 3.63) is 11.6 Å². The molecular formula is C16H28N2O2. The first kappa shape index (κ1) is 16.7. The summed E-state index contributed by atoms with van der Waals surface area (Å²) in [6.07, 6.45) is 2.15. The van der Waals surface area contributed by atoms with E-state index in [0.29, 0.717) is 0 Å². The lowest BCUT2D eigenvalue weighted by atomic mass is 10.1. The lowest BCUT2D eigenvalue weighted by Crippen LogP contribution is -2.46. The van der Waals surface area contributed by atoms with Crippen LogP contribution in [0.1, 0.15) is 48.5 Å². The van der Waals surface area contributed by atoms with Gasteiger partial charge in [-0.2, -0.15) is 0 Å². The molecule has 1 rings (SSSR count). The molecule has 0 bridgehead atoms. The summed E-state index contributed by atoms with van der Waals surface area (Å²) < 4.78 is 0. The molecule has 0 aromatic carbocycles. The maximum atomic E-state index is 12.2. The molecule has 0 heterocycles. The Morgan fingerprint density at radius 3 is 2.20 bits per heavy atom. The standard InChI is InChI=1S/C16H28N2O2/c1-10(2)8-11-13(16(11,6)7)14(20)17-9-12(19)18-15(3,4)5/h8,11,13H,9H2,1-7H3,(H,17,20)(H,18,19). The predicted molar refractivity (Wildman–Crippen MR) is 81.1 cm³/mol. The van der Waals surface area contributed by atoms with Gasteiger partial charge in [0, 0.05) is 5.54 Å². The normalized spacial score (nSPS) is 23.8. The highest BCUT2D eigenvalue weighted by Gasteiger charge is 2.60. The molecule has 2 N–H and O–H groups in total. The van der Waals surface area contributed by atoms with Gasteiger partial charge in [0.1, 0.15) is 0 Å². The maximum absolute atomic E-state index is 12.2. The molecule has 1 aliphatic carbocycles. The van der Waals surface area contributed by atoms with Crippen molar-refractivity contribution in [3.8, 4) is 0 Å². The Morgan fingerprint density at radius 2 is 1.75 bits per heavy atom. The van der Waals surface area contributed by atoms with Crippen molar-refractivity contribution in [2.24, 2.45) is 17.3 Å². The highest BCUT2D eigenvalue weighted by atomic mass is 16.2. The average Bonchev–Trinajstić information content (AvgIpc) is 2.73. The van der Waals surface area contributed by atoms with Crippen LogP contribution in [-0.2, 0) is 9.59 Å². The van der Waals surface area contributed by atoms with Gasteiger partial charge in [0.25, 0.3) is 0 Å². The van der Waals surface area contributed by atoms with Gasteiger partial charge in [0.15, 0.2) is 0 Å². The summed E-state index contributed by atoms with van der Waals surface area (Å²) in [6.45, 7) is 14.1. The molecule has 2 atom stereocenters. The van der Waals surface area contributed by atoms with Crippen LogP contribution in [0, 0.1) is 17.3 Å². The van der Waals surface area contributed by atoms with E-state index in [-0.39, 0.29) is 41.1 Å². The van der Waals surface area contributed by atoms with Crippen molar-refractivity contribution in [2.45, 2.75) is 54.0 Å². The monoisotopic (exact) mass is 280 g/mol. The van der Waals surface area contributed by atoms with E-state index in [1.54, 1.807) is 0 Å². The summed E-state index contributed by atoms with van der Waals surface area (Å²) >= 11 is 0. The quantitative estimate of drug-likeness (QED) is 0.776. The van der Waals surface area contributed by atoms with E-state index < -0.39 is 0 Å². The van der Waals surface area contributed by atoms with Gasteiger partial charge < -0.3 is 10.6 Å². The summed E-state index contributed by atoms with van der Waals surface area (Å²) in [5.41, 5.74) is 0.941. The molecular weight excluding hydrogens is 252 g/mol. The van der Waals surface area contributed by atoms with Crippen molar-refractivity contribution < 1.29 is 9.59 Å². The van der Waals surface area contributed by atoms with E-state index in [9.17, 15) is 9.59 Å². The Balaban J connectivity index is 2.49. The summed E-state index contributed by atoms with van der Waals surface area (Å²) in [4.78, 5) is 23.9.